The Kier molecular flexibility index (Phi) is 4.81. The fourth-order valence-corrected chi connectivity index (χ4v) is 2.67. The molecule has 0 fully saturated rings. The van der Waals surface area contributed by atoms with Gasteiger partial charge in [-0.25, -0.2) is 18.6 Å². The Labute approximate surface area is 128 Å². The molecule has 0 atom stereocenters. The van der Waals surface area contributed by atoms with E-state index < -0.39 is 25.2 Å². The Bertz CT molecular complexity index is 709. The number of hydrogen-bond donors (Lipinski definition) is 2. The Morgan fingerprint density at radius 2 is 1.82 bits per heavy atom. The summed E-state index contributed by atoms with van der Waals surface area (Å²) >= 11 is 0.820. The number of nitrogens with one attached hydrogen (secondary N) is 1. The molecule has 0 radical (unpaired) electrons. The van der Waals surface area contributed by atoms with Crippen LogP contribution in [0.4, 0.5) is 13.9 Å². The average Bonchev–Trinajstić information content (AvgIpc) is 2.87. The van der Waals surface area contributed by atoms with Crippen LogP contribution >= 0.6 is 11.3 Å². The highest BCUT2D eigenvalue weighted by molar-refractivity contribution is 7.17. The normalized spacial score (nSPS) is 10.5. The van der Waals surface area contributed by atoms with E-state index in [0.717, 1.165) is 11.3 Å². The van der Waals surface area contributed by atoms with E-state index in [1.165, 1.54) is 25.1 Å². The monoisotopic (exact) mass is 326 g/mol. The predicted octanol–water partition coefficient (Wildman–Crippen LogP) is 3.34. The Morgan fingerprint density at radius 1 is 1.23 bits per heavy atom. The number of carbonyl (C=O) groups excluding carboxylic acids is 1. The minimum Gasteiger partial charge on any atom is -0.477 e. The lowest BCUT2D eigenvalue weighted by Gasteiger charge is -2.06. The van der Waals surface area contributed by atoms with Crippen LogP contribution in [0.3, 0.4) is 0 Å². The van der Waals surface area contributed by atoms with Crippen molar-refractivity contribution in [3.05, 3.63) is 45.5 Å². The molecule has 0 aliphatic carbocycles. The van der Waals surface area contributed by atoms with E-state index in [9.17, 15) is 18.4 Å². The maximum atomic E-state index is 12.7. The van der Waals surface area contributed by atoms with Gasteiger partial charge in [0, 0.05) is 5.56 Å². The molecule has 1 amide bonds. The maximum Gasteiger partial charge on any atom is 0.347 e. The number of aromatic nitrogens is 1. The smallest absolute Gasteiger partial charge is 0.347 e. The molecule has 0 saturated carbocycles. The Morgan fingerprint density at radius 3 is 2.27 bits per heavy atom. The molecular formula is C14H12F2N2O3S. The predicted molar refractivity (Wildman–Crippen MR) is 77.8 cm³/mol. The fourth-order valence-electron chi connectivity index (χ4n) is 1.87. The molecule has 1 aromatic heterocycles. The number of anilines is 1. The SMILES string of the molecule is Cc1nc(NC(=O)c2cc(CF)cc(CF)c2)sc1C(=O)O. The zero-order chi connectivity index (χ0) is 16.3. The summed E-state index contributed by atoms with van der Waals surface area (Å²) in [7, 11) is 0. The van der Waals surface area contributed by atoms with Crippen LogP contribution in [0.5, 0.6) is 0 Å². The molecule has 2 aromatic rings. The van der Waals surface area contributed by atoms with E-state index in [1.54, 1.807) is 0 Å². The van der Waals surface area contributed by atoms with Crippen molar-refractivity contribution in [2.75, 3.05) is 5.32 Å². The first-order valence-corrected chi connectivity index (χ1v) is 7.03. The van der Waals surface area contributed by atoms with Gasteiger partial charge in [-0.1, -0.05) is 17.4 Å². The van der Waals surface area contributed by atoms with Gasteiger partial charge in [0.05, 0.1) is 5.69 Å². The van der Waals surface area contributed by atoms with Gasteiger partial charge in [0.2, 0.25) is 0 Å². The third kappa shape index (κ3) is 3.45. The summed E-state index contributed by atoms with van der Waals surface area (Å²) in [6.45, 7) is -0.109. The van der Waals surface area contributed by atoms with Crippen molar-refractivity contribution < 1.29 is 23.5 Å². The molecule has 5 nitrogen and oxygen atoms in total. The molecule has 8 heteroatoms. The number of nitrogens with zero attached hydrogens (tertiary/aromatic N) is 1. The van der Waals surface area contributed by atoms with Crippen LogP contribution in [0.25, 0.3) is 0 Å². The maximum absolute atomic E-state index is 12.7. The summed E-state index contributed by atoms with van der Waals surface area (Å²) in [6.07, 6.45) is 0. The zero-order valence-electron chi connectivity index (χ0n) is 11.5. The molecule has 0 aliphatic heterocycles. The van der Waals surface area contributed by atoms with Crippen LogP contribution in [-0.4, -0.2) is 22.0 Å². The number of carbonyl (C=O) groups is 2. The number of hydrogen-bond acceptors (Lipinski definition) is 4. The van der Waals surface area contributed by atoms with Crippen molar-refractivity contribution in [2.24, 2.45) is 0 Å². The molecule has 2 N–H and O–H groups in total. The van der Waals surface area contributed by atoms with Gasteiger partial charge in [-0.15, -0.1) is 0 Å². The molecule has 0 saturated heterocycles. The van der Waals surface area contributed by atoms with Crippen LogP contribution in [0, 0.1) is 6.92 Å². The van der Waals surface area contributed by atoms with Crippen molar-refractivity contribution in [3.63, 3.8) is 0 Å². The lowest BCUT2D eigenvalue weighted by Crippen LogP contribution is -2.12. The van der Waals surface area contributed by atoms with E-state index in [-0.39, 0.29) is 32.4 Å². The summed E-state index contributed by atoms with van der Waals surface area (Å²) in [5.74, 6) is -1.73. The molecule has 1 aromatic carbocycles. The second-order valence-corrected chi connectivity index (χ2v) is 5.50. The van der Waals surface area contributed by atoms with Gasteiger partial charge in [0.25, 0.3) is 5.91 Å². The molecule has 0 aliphatic rings. The van der Waals surface area contributed by atoms with E-state index >= 15 is 0 Å². The average molecular weight is 326 g/mol. The van der Waals surface area contributed by atoms with Crippen molar-refractivity contribution in [1.29, 1.82) is 0 Å². The number of amides is 1. The third-order valence-corrected chi connectivity index (χ3v) is 3.90. The first kappa shape index (κ1) is 16.0. The van der Waals surface area contributed by atoms with E-state index in [4.69, 9.17) is 5.11 Å². The molecule has 2 rings (SSSR count). The third-order valence-electron chi connectivity index (χ3n) is 2.83. The number of benzene rings is 1. The largest absolute Gasteiger partial charge is 0.477 e. The van der Waals surface area contributed by atoms with Crippen molar-refractivity contribution in [3.8, 4) is 0 Å². The summed E-state index contributed by atoms with van der Waals surface area (Å²) < 4.78 is 25.5. The van der Waals surface area contributed by atoms with Gasteiger partial charge >= 0.3 is 5.97 Å². The Hall–Kier alpha value is -2.35. The second-order valence-electron chi connectivity index (χ2n) is 4.50. The van der Waals surface area contributed by atoms with Gasteiger partial charge < -0.3 is 5.11 Å². The van der Waals surface area contributed by atoms with Crippen molar-refractivity contribution in [1.82, 2.24) is 4.98 Å². The molecule has 0 spiro atoms. The highest BCUT2D eigenvalue weighted by atomic mass is 32.1. The van der Waals surface area contributed by atoms with Crippen LogP contribution < -0.4 is 5.32 Å². The van der Waals surface area contributed by atoms with Gasteiger partial charge in [-0.05, 0) is 30.2 Å². The number of halogens is 2. The molecule has 0 bridgehead atoms. The van der Waals surface area contributed by atoms with E-state index in [2.05, 4.69) is 10.3 Å². The van der Waals surface area contributed by atoms with Gasteiger partial charge in [0.15, 0.2) is 5.13 Å². The van der Waals surface area contributed by atoms with E-state index in [1.807, 2.05) is 0 Å². The molecule has 116 valence electrons. The highest BCUT2D eigenvalue weighted by Crippen LogP contribution is 2.23. The first-order valence-electron chi connectivity index (χ1n) is 6.21. The summed E-state index contributed by atoms with van der Waals surface area (Å²) in [5, 5.41) is 11.5. The van der Waals surface area contributed by atoms with Crippen molar-refractivity contribution >= 4 is 28.3 Å². The number of carboxylic acid groups (broad SMARTS) is 1. The molecular weight excluding hydrogens is 314 g/mol. The van der Waals surface area contributed by atoms with Crippen LogP contribution in [-0.2, 0) is 13.3 Å². The van der Waals surface area contributed by atoms with Gasteiger partial charge in [-0.2, -0.15) is 0 Å². The van der Waals surface area contributed by atoms with Gasteiger partial charge in [-0.3, -0.25) is 10.1 Å². The summed E-state index contributed by atoms with van der Waals surface area (Å²) in [6, 6.07) is 3.97. The second kappa shape index (κ2) is 6.61. The van der Waals surface area contributed by atoms with Crippen LogP contribution in [0.15, 0.2) is 18.2 Å². The standard InChI is InChI=1S/C14H12F2N2O3S/c1-7-11(13(20)21)22-14(17-7)18-12(19)10-3-8(5-15)2-9(4-10)6-16/h2-4H,5-6H2,1H3,(H,20,21)(H,17,18,19). The number of thiazole rings is 1. The lowest BCUT2D eigenvalue weighted by atomic mass is 10.1. The summed E-state index contributed by atoms with van der Waals surface area (Å²) in [5.41, 5.74) is 0.769. The van der Waals surface area contributed by atoms with E-state index in [0.29, 0.717) is 0 Å². The number of alkyl halides is 2. The van der Waals surface area contributed by atoms with Gasteiger partial charge in [0.1, 0.15) is 18.2 Å². The van der Waals surface area contributed by atoms with Crippen LogP contribution in [0.1, 0.15) is 36.9 Å². The van der Waals surface area contributed by atoms with Crippen molar-refractivity contribution in [2.45, 2.75) is 20.3 Å². The fraction of sp³-hybridized carbons (Fsp3) is 0.214. The number of rotatable bonds is 5. The topological polar surface area (TPSA) is 79.3 Å². The number of aromatic carboxylic acids is 1. The highest BCUT2D eigenvalue weighted by Gasteiger charge is 2.16. The molecule has 0 unspecified atom stereocenters. The molecule has 22 heavy (non-hydrogen) atoms. The zero-order valence-corrected chi connectivity index (χ0v) is 12.3. The Balaban J connectivity index is 2.25. The number of carboxylic acids is 1. The number of aryl methyl sites for hydroxylation is 1. The first-order chi connectivity index (χ1) is 10.4. The minimum absolute atomic E-state index is 0.0252. The lowest BCUT2D eigenvalue weighted by molar-refractivity contribution is 0.0701. The van der Waals surface area contributed by atoms with Crippen LogP contribution in [0.2, 0.25) is 0 Å². The minimum atomic E-state index is -1.13. The molecule has 1 heterocycles. The quantitative estimate of drug-likeness (QED) is 0.883. The summed E-state index contributed by atoms with van der Waals surface area (Å²) in [4.78, 5) is 27.0.